The summed E-state index contributed by atoms with van der Waals surface area (Å²) in [4.78, 5) is 8.65. The van der Waals surface area contributed by atoms with Gasteiger partial charge in [0.1, 0.15) is 5.75 Å². The molecule has 0 saturated carbocycles. The van der Waals surface area contributed by atoms with Crippen LogP contribution < -0.4 is 14.4 Å². The van der Waals surface area contributed by atoms with E-state index < -0.39 is 6.36 Å². The summed E-state index contributed by atoms with van der Waals surface area (Å²) in [7, 11) is 0. The molecule has 28 heavy (non-hydrogen) atoms. The summed E-state index contributed by atoms with van der Waals surface area (Å²) in [5.74, 6) is 0.390. The minimum absolute atomic E-state index is 0.101. The molecule has 1 aromatic carbocycles. The first-order chi connectivity index (χ1) is 13.2. The van der Waals surface area contributed by atoms with Crippen LogP contribution in [0, 0.1) is 0 Å². The van der Waals surface area contributed by atoms with Crippen molar-refractivity contribution in [2.45, 2.75) is 39.2 Å². The van der Waals surface area contributed by atoms with E-state index in [2.05, 4.69) is 33.4 Å². The van der Waals surface area contributed by atoms with Gasteiger partial charge < -0.3 is 14.4 Å². The van der Waals surface area contributed by atoms with E-state index >= 15 is 0 Å². The van der Waals surface area contributed by atoms with Gasteiger partial charge in [-0.25, -0.2) is 4.98 Å². The molecule has 0 amide bonds. The standard InChI is InChI=1S/C20H24F3N3O2/c1-4-27-18-11-15(9-10-24-18)12-26-14-25(13-19(26,2)3)16-5-7-17(8-6-16)28-20(21,22)23/h5-11H,4,12-14H2,1-3H3. The zero-order chi connectivity index (χ0) is 20.4. The van der Waals surface area contributed by atoms with Crippen LogP contribution in [0.2, 0.25) is 0 Å². The first-order valence-corrected chi connectivity index (χ1v) is 9.10. The first-order valence-electron chi connectivity index (χ1n) is 9.10. The Labute approximate surface area is 162 Å². The van der Waals surface area contributed by atoms with Crippen molar-refractivity contribution in [3.8, 4) is 11.6 Å². The average Bonchev–Trinajstić information content (AvgIpc) is 2.89. The number of hydrogen-bond acceptors (Lipinski definition) is 5. The highest BCUT2D eigenvalue weighted by atomic mass is 19.4. The predicted octanol–water partition coefficient (Wildman–Crippen LogP) is 4.44. The maximum atomic E-state index is 12.3. The third-order valence-electron chi connectivity index (χ3n) is 4.68. The van der Waals surface area contributed by atoms with Gasteiger partial charge in [0.25, 0.3) is 0 Å². The molecule has 0 unspecified atom stereocenters. The smallest absolute Gasteiger partial charge is 0.478 e. The predicted molar refractivity (Wildman–Crippen MR) is 100 cm³/mol. The molecule has 0 N–H and O–H groups in total. The number of anilines is 1. The van der Waals surface area contributed by atoms with E-state index in [9.17, 15) is 13.2 Å². The second-order valence-corrected chi connectivity index (χ2v) is 7.33. The molecule has 1 aliphatic heterocycles. The molecule has 8 heteroatoms. The van der Waals surface area contributed by atoms with Gasteiger partial charge in [-0.2, -0.15) is 0 Å². The maximum Gasteiger partial charge on any atom is 0.573 e. The summed E-state index contributed by atoms with van der Waals surface area (Å²) in [6, 6.07) is 9.89. The fraction of sp³-hybridized carbons (Fsp3) is 0.450. The molecule has 1 aromatic heterocycles. The van der Waals surface area contributed by atoms with Crippen molar-refractivity contribution in [1.29, 1.82) is 0 Å². The van der Waals surface area contributed by atoms with E-state index in [-0.39, 0.29) is 11.3 Å². The Kier molecular flexibility index (Phi) is 5.69. The number of ether oxygens (including phenoxy) is 2. The number of alkyl halides is 3. The van der Waals surface area contributed by atoms with Crippen molar-refractivity contribution in [3.63, 3.8) is 0 Å². The number of nitrogens with zero attached hydrogens (tertiary/aromatic N) is 3. The third kappa shape index (κ3) is 5.07. The van der Waals surface area contributed by atoms with Crippen LogP contribution in [0.5, 0.6) is 11.6 Å². The molecule has 3 rings (SSSR count). The molecular weight excluding hydrogens is 371 g/mol. The largest absolute Gasteiger partial charge is 0.573 e. The molecule has 2 aromatic rings. The molecule has 152 valence electrons. The van der Waals surface area contributed by atoms with Gasteiger partial charge in [0.05, 0.1) is 13.3 Å². The van der Waals surface area contributed by atoms with Crippen LogP contribution in [-0.4, -0.2) is 41.6 Å². The topological polar surface area (TPSA) is 37.8 Å². The summed E-state index contributed by atoms with van der Waals surface area (Å²) < 4.78 is 46.4. The minimum atomic E-state index is -4.68. The van der Waals surface area contributed by atoms with Gasteiger partial charge in [-0.05, 0) is 56.7 Å². The highest BCUT2D eigenvalue weighted by Crippen LogP contribution is 2.32. The average molecular weight is 395 g/mol. The van der Waals surface area contributed by atoms with Crippen LogP contribution in [0.1, 0.15) is 26.3 Å². The Morgan fingerprint density at radius 2 is 1.86 bits per heavy atom. The molecular formula is C20H24F3N3O2. The molecule has 1 aliphatic rings. The zero-order valence-corrected chi connectivity index (χ0v) is 16.2. The molecule has 0 bridgehead atoms. The number of benzene rings is 1. The lowest BCUT2D eigenvalue weighted by Gasteiger charge is -2.29. The van der Waals surface area contributed by atoms with Crippen molar-refractivity contribution in [1.82, 2.24) is 9.88 Å². The van der Waals surface area contributed by atoms with E-state index in [0.717, 1.165) is 24.3 Å². The van der Waals surface area contributed by atoms with Gasteiger partial charge in [0.2, 0.25) is 5.88 Å². The first kappa shape index (κ1) is 20.3. The van der Waals surface area contributed by atoms with Gasteiger partial charge >= 0.3 is 6.36 Å². The van der Waals surface area contributed by atoms with Crippen LogP contribution in [-0.2, 0) is 6.54 Å². The van der Waals surface area contributed by atoms with Crippen molar-refractivity contribution in [2.24, 2.45) is 0 Å². The van der Waals surface area contributed by atoms with Gasteiger partial charge in [0, 0.05) is 36.6 Å². The highest BCUT2D eigenvalue weighted by Gasteiger charge is 2.37. The van der Waals surface area contributed by atoms with Crippen molar-refractivity contribution >= 4 is 5.69 Å². The van der Waals surface area contributed by atoms with E-state index in [1.165, 1.54) is 12.1 Å². The Hall–Kier alpha value is -2.48. The molecule has 1 saturated heterocycles. The van der Waals surface area contributed by atoms with E-state index in [0.29, 0.717) is 19.2 Å². The quantitative estimate of drug-likeness (QED) is 0.723. The molecule has 2 heterocycles. The second kappa shape index (κ2) is 7.87. The van der Waals surface area contributed by atoms with Crippen molar-refractivity contribution < 1.29 is 22.6 Å². The van der Waals surface area contributed by atoms with Crippen LogP contribution in [0.25, 0.3) is 0 Å². The Bertz CT molecular complexity index is 794. The zero-order valence-electron chi connectivity index (χ0n) is 16.2. The number of hydrogen-bond donors (Lipinski definition) is 0. The van der Waals surface area contributed by atoms with Crippen LogP contribution in [0.3, 0.4) is 0 Å². The van der Waals surface area contributed by atoms with E-state index in [1.54, 1.807) is 18.3 Å². The van der Waals surface area contributed by atoms with Crippen LogP contribution in [0.4, 0.5) is 18.9 Å². The highest BCUT2D eigenvalue weighted by molar-refractivity contribution is 5.50. The van der Waals surface area contributed by atoms with Gasteiger partial charge in [-0.15, -0.1) is 13.2 Å². The molecule has 0 aliphatic carbocycles. The fourth-order valence-corrected chi connectivity index (χ4v) is 3.31. The SMILES string of the molecule is CCOc1cc(CN2CN(c3ccc(OC(F)(F)F)cc3)CC2(C)C)ccn1. The number of pyridine rings is 1. The summed E-state index contributed by atoms with van der Waals surface area (Å²) in [5, 5.41) is 0. The van der Waals surface area contributed by atoms with Gasteiger partial charge in [0.15, 0.2) is 0 Å². The molecule has 0 radical (unpaired) electrons. The Balaban J connectivity index is 1.69. The number of aromatic nitrogens is 1. The maximum absolute atomic E-state index is 12.3. The van der Waals surface area contributed by atoms with Gasteiger partial charge in [-0.3, -0.25) is 4.90 Å². The normalized spacial score (nSPS) is 17.0. The third-order valence-corrected chi connectivity index (χ3v) is 4.68. The number of halogens is 3. The molecule has 0 spiro atoms. The van der Waals surface area contributed by atoms with Crippen LogP contribution >= 0.6 is 0 Å². The summed E-state index contributed by atoms with van der Waals surface area (Å²) in [5.41, 5.74) is 1.85. The fourth-order valence-electron chi connectivity index (χ4n) is 3.31. The van der Waals surface area contributed by atoms with E-state index in [1.807, 2.05) is 19.1 Å². The Morgan fingerprint density at radius 3 is 2.50 bits per heavy atom. The summed E-state index contributed by atoms with van der Waals surface area (Å²) in [6.07, 6.45) is -2.95. The molecule has 1 fully saturated rings. The second-order valence-electron chi connectivity index (χ2n) is 7.33. The lowest BCUT2D eigenvalue weighted by Crippen LogP contribution is -2.39. The van der Waals surface area contributed by atoms with Crippen molar-refractivity contribution in [2.75, 3.05) is 24.7 Å². The van der Waals surface area contributed by atoms with Gasteiger partial charge in [-0.1, -0.05) is 0 Å². The summed E-state index contributed by atoms with van der Waals surface area (Å²) >= 11 is 0. The number of rotatable bonds is 6. The monoisotopic (exact) mass is 395 g/mol. The lowest BCUT2D eigenvalue weighted by atomic mass is 10.0. The molecule has 0 atom stereocenters. The van der Waals surface area contributed by atoms with Crippen molar-refractivity contribution in [3.05, 3.63) is 48.2 Å². The van der Waals surface area contributed by atoms with E-state index in [4.69, 9.17) is 4.74 Å². The Morgan fingerprint density at radius 1 is 1.14 bits per heavy atom. The minimum Gasteiger partial charge on any atom is -0.478 e. The summed E-state index contributed by atoms with van der Waals surface area (Å²) in [6.45, 7) is 8.93. The van der Waals surface area contributed by atoms with Crippen LogP contribution in [0.15, 0.2) is 42.6 Å². The lowest BCUT2D eigenvalue weighted by molar-refractivity contribution is -0.274. The molecule has 5 nitrogen and oxygen atoms in total.